The number of rotatable bonds is 4. The summed E-state index contributed by atoms with van der Waals surface area (Å²) in [4.78, 5) is 2.70. The van der Waals surface area contributed by atoms with E-state index in [4.69, 9.17) is 4.74 Å². The topological polar surface area (TPSA) is 24.5 Å². The molecule has 4 unspecified atom stereocenters. The van der Waals surface area contributed by atoms with Crippen LogP contribution in [-0.2, 0) is 4.74 Å². The van der Waals surface area contributed by atoms with Gasteiger partial charge < -0.3 is 10.1 Å². The van der Waals surface area contributed by atoms with Gasteiger partial charge in [-0.3, -0.25) is 4.90 Å². The molecule has 18 heavy (non-hydrogen) atoms. The Hall–Kier alpha value is -0.120. The van der Waals surface area contributed by atoms with Crippen molar-refractivity contribution >= 4 is 0 Å². The first kappa shape index (κ1) is 14.3. The van der Waals surface area contributed by atoms with Crippen molar-refractivity contribution in [3.8, 4) is 0 Å². The van der Waals surface area contributed by atoms with Crippen molar-refractivity contribution in [2.24, 2.45) is 5.92 Å². The highest BCUT2D eigenvalue weighted by Crippen LogP contribution is 2.28. The lowest BCUT2D eigenvalue weighted by Crippen LogP contribution is -2.56. The number of ether oxygens (including phenoxy) is 1. The largest absolute Gasteiger partial charge is 0.380 e. The highest BCUT2D eigenvalue weighted by Gasteiger charge is 2.34. The van der Waals surface area contributed by atoms with Crippen LogP contribution < -0.4 is 5.32 Å². The Morgan fingerprint density at radius 3 is 2.72 bits per heavy atom. The maximum absolute atomic E-state index is 5.66. The molecule has 0 radical (unpaired) electrons. The van der Waals surface area contributed by atoms with Crippen LogP contribution >= 0.6 is 0 Å². The molecule has 0 aromatic rings. The van der Waals surface area contributed by atoms with E-state index in [-0.39, 0.29) is 0 Å². The summed E-state index contributed by atoms with van der Waals surface area (Å²) < 4.78 is 5.66. The molecule has 0 aromatic carbocycles. The van der Waals surface area contributed by atoms with Crippen molar-refractivity contribution in [1.29, 1.82) is 0 Å². The van der Waals surface area contributed by atoms with E-state index in [0.717, 1.165) is 19.1 Å². The fraction of sp³-hybridized carbons (Fsp3) is 1.00. The number of piperidine rings is 1. The van der Waals surface area contributed by atoms with Crippen LogP contribution in [0.4, 0.5) is 0 Å². The van der Waals surface area contributed by atoms with Crippen molar-refractivity contribution < 1.29 is 4.74 Å². The molecule has 3 heteroatoms. The van der Waals surface area contributed by atoms with Crippen LogP contribution in [0.1, 0.15) is 46.0 Å². The summed E-state index contributed by atoms with van der Waals surface area (Å²) in [6.07, 6.45) is 7.23. The third kappa shape index (κ3) is 3.25. The molecule has 1 saturated carbocycles. The standard InChI is InChI=1S/C15H30N2O/c1-4-16-13-7-5-6-8-14(13)17-10-9-12(2)15(11-17)18-3/h12-16H,4-11H2,1-3H3. The third-order valence-corrected chi connectivity index (χ3v) is 4.89. The number of nitrogens with one attached hydrogen (secondary N) is 1. The summed E-state index contributed by atoms with van der Waals surface area (Å²) in [6.45, 7) is 8.03. The van der Waals surface area contributed by atoms with Crippen molar-refractivity contribution in [2.75, 3.05) is 26.7 Å². The molecule has 2 rings (SSSR count). The molecule has 2 fully saturated rings. The van der Waals surface area contributed by atoms with Crippen molar-refractivity contribution in [3.63, 3.8) is 0 Å². The Morgan fingerprint density at radius 1 is 1.22 bits per heavy atom. The highest BCUT2D eigenvalue weighted by molar-refractivity contribution is 4.91. The van der Waals surface area contributed by atoms with Gasteiger partial charge in [0.2, 0.25) is 0 Å². The van der Waals surface area contributed by atoms with E-state index < -0.39 is 0 Å². The zero-order valence-corrected chi connectivity index (χ0v) is 12.3. The Bertz CT molecular complexity index is 245. The molecule has 1 heterocycles. The molecular weight excluding hydrogens is 224 g/mol. The summed E-state index contributed by atoms with van der Waals surface area (Å²) >= 11 is 0. The van der Waals surface area contributed by atoms with E-state index in [1.54, 1.807) is 0 Å². The molecule has 0 spiro atoms. The average molecular weight is 254 g/mol. The van der Waals surface area contributed by atoms with Gasteiger partial charge in [-0.1, -0.05) is 26.7 Å². The fourth-order valence-electron chi connectivity index (χ4n) is 3.71. The molecule has 2 aliphatic rings. The molecule has 1 aliphatic heterocycles. The number of likely N-dealkylation sites (tertiary alicyclic amines) is 1. The maximum atomic E-state index is 5.66. The van der Waals surface area contributed by atoms with Crippen LogP contribution in [-0.4, -0.2) is 49.8 Å². The number of methoxy groups -OCH3 is 1. The van der Waals surface area contributed by atoms with Gasteiger partial charge in [-0.25, -0.2) is 0 Å². The fourth-order valence-corrected chi connectivity index (χ4v) is 3.71. The van der Waals surface area contributed by atoms with E-state index in [1.807, 2.05) is 7.11 Å². The SMILES string of the molecule is CCNC1CCCCC1N1CCC(C)C(OC)C1. The first-order valence-corrected chi connectivity index (χ1v) is 7.76. The summed E-state index contributed by atoms with van der Waals surface area (Å²) in [5.74, 6) is 0.715. The summed E-state index contributed by atoms with van der Waals surface area (Å²) in [5, 5.41) is 3.69. The minimum absolute atomic E-state index is 0.433. The van der Waals surface area contributed by atoms with Gasteiger partial charge in [0.25, 0.3) is 0 Å². The molecule has 0 aromatic heterocycles. The lowest BCUT2D eigenvalue weighted by molar-refractivity contribution is -0.0296. The van der Waals surface area contributed by atoms with Crippen molar-refractivity contribution in [2.45, 2.75) is 64.1 Å². The van der Waals surface area contributed by atoms with E-state index >= 15 is 0 Å². The Labute approximate surface area is 112 Å². The van der Waals surface area contributed by atoms with E-state index in [9.17, 15) is 0 Å². The quantitative estimate of drug-likeness (QED) is 0.833. The van der Waals surface area contributed by atoms with E-state index in [0.29, 0.717) is 18.1 Å². The predicted molar refractivity (Wildman–Crippen MR) is 75.9 cm³/mol. The van der Waals surface area contributed by atoms with Gasteiger partial charge in [-0.05, 0) is 38.3 Å². The molecule has 106 valence electrons. The highest BCUT2D eigenvalue weighted by atomic mass is 16.5. The van der Waals surface area contributed by atoms with Gasteiger partial charge in [0.05, 0.1) is 6.10 Å². The Morgan fingerprint density at radius 2 is 2.00 bits per heavy atom. The lowest BCUT2D eigenvalue weighted by atomic mass is 9.86. The van der Waals surface area contributed by atoms with Crippen molar-refractivity contribution in [3.05, 3.63) is 0 Å². The van der Waals surface area contributed by atoms with Gasteiger partial charge in [0, 0.05) is 25.7 Å². The summed E-state index contributed by atoms with van der Waals surface area (Å²) in [6, 6.07) is 1.44. The minimum atomic E-state index is 0.433. The van der Waals surface area contributed by atoms with E-state index in [1.165, 1.54) is 38.6 Å². The van der Waals surface area contributed by atoms with Gasteiger partial charge in [-0.2, -0.15) is 0 Å². The first-order valence-electron chi connectivity index (χ1n) is 7.76. The second-order valence-electron chi connectivity index (χ2n) is 6.05. The predicted octanol–water partition coefficient (Wildman–Crippen LogP) is 2.26. The molecule has 1 N–H and O–H groups in total. The summed E-state index contributed by atoms with van der Waals surface area (Å²) in [5.41, 5.74) is 0. The normalized spacial score (nSPS) is 38.8. The van der Waals surface area contributed by atoms with Crippen LogP contribution in [0.25, 0.3) is 0 Å². The van der Waals surface area contributed by atoms with Crippen LogP contribution in [0, 0.1) is 5.92 Å². The average Bonchev–Trinajstić information content (AvgIpc) is 2.40. The second-order valence-corrected chi connectivity index (χ2v) is 6.05. The molecule has 1 saturated heterocycles. The minimum Gasteiger partial charge on any atom is -0.380 e. The molecule has 0 bridgehead atoms. The Balaban J connectivity index is 1.95. The van der Waals surface area contributed by atoms with Crippen LogP contribution in [0.5, 0.6) is 0 Å². The zero-order chi connectivity index (χ0) is 13.0. The summed E-state index contributed by atoms with van der Waals surface area (Å²) in [7, 11) is 1.87. The van der Waals surface area contributed by atoms with E-state index in [2.05, 4.69) is 24.1 Å². The van der Waals surface area contributed by atoms with Gasteiger partial charge >= 0.3 is 0 Å². The molecule has 4 atom stereocenters. The molecule has 1 aliphatic carbocycles. The number of nitrogens with zero attached hydrogens (tertiary/aromatic N) is 1. The number of hydrogen-bond donors (Lipinski definition) is 1. The van der Waals surface area contributed by atoms with Crippen LogP contribution in [0.2, 0.25) is 0 Å². The van der Waals surface area contributed by atoms with Crippen LogP contribution in [0.15, 0.2) is 0 Å². The molecule has 0 amide bonds. The first-order chi connectivity index (χ1) is 8.76. The van der Waals surface area contributed by atoms with Gasteiger partial charge in [0.1, 0.15) is 0 Å². The number of hydrogen-bond acceptors (Lipinski definition) is 3. The maximum Gasteiger partial charge on any atom is 0.0724 e. The lowest BCUT2D eigenvalue weighted by Gasteiger charge is -2.45. The third-order valence-electron chi connectivity index (χ3n) is 4.89. The van der Waals surface area contributed by atoms with Gasteiger partial charge in [0.15, 0.2) is 0 Å². The number of likely N-dealkylation sites (N-methyl/N-ethyl adjacent to an activating group) is 1. The van der Waals surface area contributed by atoms with Gasteiger partial charge in [-0.15, -0.1) is 0 Å². The smallest absolute Gasteiger partial charge is 0.0724 e. The molecule has 3 nitrogen and oxygen atoms in total. The van der Waals surface area contributed by atoms with Crippen molar-refractivity contribution in [1.82, 2.24) is 10.2 Å². The monoisotopic (exact) mass is 254 g/mol. The van der Waals surface area contributed by atoms with Crippen LogP contribution in [0.3, 0.4) is 0 Å². The second kappa shape index (κ2) is 6.88. The zero-order valence-electron chi connectivity index (χ0n) is 12.3. The molecular formula is C15H30N2O. The Kier molecular flexibility index (Phi) is 5.46.